The fraction of sp³-hybridized carbons (Fsp3) is 0.875. The van der Waals surface area contributed by atoms with Crippen LogP contribution in [0.5, 0.6) is 0 Å². The molecule has 0 aromatic heterocycles. The maximum atomic E-state index is 10.1. The highest BCUT2D eigenvalue weighted by Crippen LogP contribution is 2.21. The van der Waals surface area contributed by atoms with Gasteiger partial charge in [-0.1, -0.05) is 0 Å². The Hall–Kier alpha value is -0.770. The number of carboxylic acids is 1. The van der Waals surface area contributed by atoms with E-state index in [0.717, 1.165) is 0 Å². The van der Waals surface area contributed by atoms with E-state index in [0.29, 0.717) is 0 Å². The molecule has 1 saturated heterocycles. The molecule has 5 atom stereocenters. The summed E-state index contributed by atoms with van der Waals surface area (Å²) in [4.78, 5) is 10.1. The van der Waals surface area contributed by atoms with Gasteiger partial charge in [-0.05, 0) is 0 Å². The SMILES string of the molecule is O=C([O-])CO[C@@H]1OC(CO)[C@@H](O)[C@H](O)C1O. The van der Waals surface area contributed by atoms with Crippen LogP contribution in [0.4, 0.5) is 0 Å². The molecule has 1 rings (SSSR count). The second kappa shape index (κ2) is 5.53. The Balaban J connectivity index is 2.60. The molecule has 1 aliphatic heterocycles. The van der Waals surface area contributed by atoms with E-state index in [4.69, 9.17) is 9.84 Å². The van der Waals surface area contributed by atoms with Crippen LogP contribution >= 0.6 is 0 Å². The van der Waals surface area contributed by atoms with E-state index in [-0.39, 0.29) is 0 Å². The number of aliphatic hydroxyl groups excluding tert-OH is 4. The first kappa shape index (κ1) is 13.3. The number of carbonyl (C=O) groups excluding carboxylic acids is 1. The molecule has 0 radical (unpaired) electrons. The molecular weight excluding hydrogens is 224 g/mol. The van der Waals surface area contributed by atoms with Gasteiger partial charge in [-0.25, -0.2) is 0 Å². The normalized spacial score (nSPS) is 39.6. The highest BCUT2D eigenvalue weighted by molar-refractivity contribution is 5.65. The van der Waals surface area contributed by atoms with Gasteiger partial charge >= 0.3 is 0 Å². The Morgan fingerprint density at radius 1 is 1.25 bits per heavy atom. The van der Waals surface area contributed by atoms with E-state index < -0.39 is 49.9 Å². The molecule has 1 aliphatic rings. The molecule has 0 bridgehead atoms. The molecular formula is C8H13O8-. The smallest absolute Gasteiger partial charge is 0.187 e. The maximum absolute atomic E-state index is 10.1. The van der Waals surface area contributed by atoms with Crippen molar-refractivity contribution in [2.45, 2.75) is 30.7 Å². The average molecular weight is 237 g/mol. The highest BCUT2D eigenvalue weighted by Gasteiger charge is 2.43. The molecule has 0 aromatic carbocycles. The molecule has 8 nitrogen and oxygen atoms in total. The molecule has 0 spiro atoms. The van der Waals surface area contributed by atoms with Crippen LogP contribution in [0.25, 0.3) is 0 Å². The molecule has 94 valence electrons. The summed E-state index contributed by atoms with van der Waals surface area (Å²) in [5, 5.41) is 47.0. The average Bonchev–Trinajstić information content (AvgIpc) is 2.25. The topological polar surface area (TPSA) is 140 Å². The quantitative estimate of drug-likeness (QED) is 0.384. The van der Waals surface area contributed by atoms with Crippen molar-refractivity contribution in [2.24, 2.45) is 0 Å². The molecule has 0 aliphatic carbocycles. The van der Waals surface area contributed by atoms with Gasteiger partial charge in [-0.15, -0.1) is 0 Å². The third kappa shape index (κ3) is 2.88. The summed E-state index contributed by atoms with van der Waals surface area (Å²) >= 11 is 0. The fourth-order valence-electron chi connectivity index (χ4n) is 1.36. The number of ether oxygens (including phenoxy) is 2. The predicted molar refractivity (Wildman–Crippen MR) is 44.7 cm³/mol. The van der Waals surface area contributed by atoms with Crippen molar-refractivity contribution in [3.05, 3.63) is 0 Å². The van der Waals surface area contributed by atoms with Gasteiger partial charge in [-0.2, -0.15) is 0 Å². The Labute approximate surface area is 90.6 Å². The van der Waals surface area contributed by atoms with Crippen molar-refractivity contribution >= 4 is 5.97 Å². The monoisotopic (exact) mass is 237 g/mol. The lowest BCUT2D eigenvalue weighted by molar-refractivity contribution is -0.329. The molecule has 2 unspecified atom stereocenters. The minimum absolute atomic E-state index is 0.601. The zero-order valence-corrected chi connectivity index (χ0v) is 8.22. The summed E-state index contributed by atoms with van der Waals surface area (Å²) in [6, 6.07) is 0. The second-order valence-electron chi connectivity index (χ2n) is 3.38. The van der Waals surface area contributed by atoms with Crippen molar-refractivity contribution in [1.82, 2.24) is 0 Å². The zero-order chi connectivity index (χ0) is 12.3. The molecule has 1 fully saturated rings. The van der Waals surface area contributed by atoms with Crippen LogP contribution in [-0.4, -0.2) is 70.3 Å². The number of carbonyl (C=O) groups is 1. The van der Waals surface area contributed by atoms with Gasteiger partial charge in [0.1, 0.15) is 24.4 Å². The van der Waals surface area contributed by atoms with Crippen molar-refractivity contribution in [3.63, 3.8) is 0 Å². The maximum Gasteiger partial charge on any atom is 0.187 e. The summed E-state index contributed by atoms with van der Waals surface area (Å²) < 4.78 is 9.45. The van der Waals surface area contributed by atoms with Gasteiger partial charge in [0.25, 0.3) is 0 Å². The molecule has 0 amide bonds. The number of carboxylic acid groups (broad SMARTS) is 1. The molecule has 1 heterocycles. The summed E-state index contributed by atoms with van der Waals surface area (Å²) in [5.41, 5.74) is 0. The Morgan fingerprint density at radius 3 is 2.38 bits per heavy atom. The van der Waals surface area contributed by atoms with Crippen molar-refractivity contribution in [2.75, 3.05) is 13.2 Å². The van der Waals surface area contributed by atoms with Crippen LogP contribution in [0.1, 0.15) is 0 Å². The molecule has 4 N–H and O–H groups in total. The number of aliphatic carboxylic acids is 1. The lowest BCUT2D eigenvalue weighted by Gasteiger charge is -2.39. The summed E-state index contributed by atoms with van der Waals surface area (Å²) in [6.45, 7) is -1.43. The van der Waals surface area contributed by atoms with Crippen LogP contribution in [0.2, 0.25) is 0 Å². The van der Waals surface area contributed by atoms with Gasteiger partial charge < -0.3 is 39.8 Å². The lowest BCUT2D eigenvalue weighted by atomic mass is 9.99. The van der Waals surface area contributed by atoms with E-state index >= 15 is 0 Å². The molecule has 0 aromatic rings. The standard InChI is InChI=1S/C8H14O8/c9-1-3-5(12)6(13)7(14)8(16-3)15-2-4(10)11/h3,5-9,12-14H,1-2H2,(H,10,11)/p-1/t3?,5-,6+,7?,8-/m1/s1. The van der Waals surface area contributed by atoms with E-state index in [1.807, 2.05) is 0 Å². The van der Waals surface area contributed by atoms with E-state index in [9.17, 15) is 25.2 Å². The number of hydrogen-bond acceptors (Lipinski definition) is 8. The fourth-order valence-corrected chi connectivity index (χ4v) is 1.36. The van der Waals surface area contributed by atoms with Crippen LogP contribution in [0.3, 0.4) is 0 Å². The number of aliphatic hydroxyl groups is 4. The van der Waals surface area contributed by atoms with Crippen LogP contribution in [0, 0.1) is 0 Å². The van der Waals surface area contributed by atoms with E-state index in [2.05, 4.69) is 4.74 Å². The van der Waals surface area contributed by atoms with Crippen LogP contribution in [-0.2, 0) is 14.3 Å². The van der Waals surface area contributed by atoms with Crippen LogP contribution < -0.4 is 5.11 Å². The van der Waals surface area contributed by atoms with Gasteiger partial charge in [0.05, 0.1) is 19.2 Å². The van der Waals surface area contributed by atoms with E-state index in [1.165, 1.54) is 0 Å². The first-order valence-corrected chi connectivity index (χ1v) is 4.59. The molecule has 16 heavy (non-hydrogen) atoms. The zero-order valence-electron chi connectivity index (χ0n) is 8.22. The Morgan fingerprint density at radius 2 is 1.88 bits per heavy atom. The first-order chi connectivity index (χ1) is 7.47. The van der Waals surface area contributed by atoms with Gasteiger partial charge in [-0.3, -0.25) is 0 Å². The number of hydrogen-bond donors (Lipinski definition) is 4. The number of rotatable bonds is 4. The highest BCUT2D eigenvalue weighted by atomic mass is 16.7. The largest absolute Gasteiger partial charge is 0.548 e. The van der Waals surface area contributed by atoms with Gasteiger partial charge in [0, 0.05) is 0 Å². The summed E-state index contributed by atoms with van der Waals surface area (Å²) in [6.07, 6.45) is -7.24. The minimum atomic E-state index is -1.60. The third-order valence-corrected chi connectivity index (χ3v) is 2.21. The van der Waals surface area contributed by atoms with Crippen molar-refractivity contribution in [1.29, 1.82) is 0 Å². The molecule has 0 saturated carbocycles. The Kier molecular flexibility index (Phi) is 4.59. The van der Waals surface area contributed by atoms with Crippen molar-refractivity contribution < 1.29 is 39.8 Å². The Bertz CT molecular complexity index is 242. The minimum Gasteiger partial charge on any atom is -0.548 e. The predicted octanol–water partition coefficient (Wildman–Crippen LogP) is -4.45. The third-order valence-electron chi connectivity index (χ3n) is 2.21. The van der Waals surface area contributed by atoms with Crippen LogP contribution in [0.15, 0.2) is 0 Å². The summed E-state index contributed by atoms with van der Waals surface area (Å²) in [7, 11) is 0. The van der Waals surface area contributed by atoms with Gasteiger partial charge in [0.15, 0.2) is 6.29 Å². The van der Waals surface area contributed by atoms with E-state index in [1.54, 1.807) is 0 Å². The van der Waals surface area contributed by atoms with Crippen molar-refractivity contribution in [3.8, 4) is 0 Å². The summed E-state index contributed by atoms with van der Waals surface area (Å²) in [5.74, 6) is -1.52. The molecule has 8 heteroatoms. The second-order valence-corrected chi connectivity index (χ2v) is 3.38. The first-order valence-electron chi connectivity index (χ1n) is 4.59. The lowest BCUT2D eigenvalue weighted by Crippen LogP contribution is -2.59. The van der Waals surface area contributed by atoms with Gasteiger partial charge in [0.2, 0.25) is 0 Å².